The number of carboxylic acid groups (broad SMARTS) is 1. The lowest BCUT2D eigenvalue weighted by Crippen LogP contribution is -2.41. The Morgan fingerprint density at radius 2 is 1.94 bits per heavy atom. The number of urea groups is 1. The van der Waals surface area contributed by atoms with Gasteiger partial charge < -0.3 is 21.9 Å². The van der Waals surface area contributed by atoms with E-state index in [1.54, 1.807) is 6.07 Å². The van der Waals surface area contributed by atoms with E-state index in [4.69, 9.17) is 11.5 Å². The SMILES string of the molecule is NC(=O)Nc1sc(-c2cccc(C=CC[C@H](NC3CCCC3)C(=O)O)c2)cc1C(N)=O. The van der Waals surface area contributed by atoms with Gasteiger partial charge in [0.1, 0.15) is 11.0 Å². The first-order chi connectivity index (χ1) is 14.8. The number of nitrogens with two attached hydrogens (primary N) is 2. The molecule has 1 fully saturated rings. The number of thiophene rings is 1. The summed E-state index contributed by atoms with van der Waals surface area (Å²) in [5.41, 5.74) is 12.5. The van der Waals surface area contributed by atoms with Crippen LogP contribution in [0.5, 0.6) is 0 Å². The van der Waals surface area contributed by atoms with Crippen molar-refractivity contribution in [2.24, 2.45) is 11.5 Å². The minimum Gasteiger partial charge on any atom is -0.480 e. The van der Waals surface area contributed by atoms with E-state index in [0.29, 0.717) is 11.4 Å². The van der Waals surface area contributed by atoms with Crippen LogP contribution in [0.1, 0.15) is 48.0 Å². The lowest BCUT2D eigenvalue weighted by atomic mass is 10.1. The second kappa shape index (κ2) is 10.2. The number of carbonyl (C=O) groups is 3. The van der Waals surface area contributed by atoms with Crippen molar-refractivity contribution in [2.45, 2.75) is 44.2 Å². The average Bonchev–Trinajstić information content (AvgIpc) is 3.37. The van der Waals surface area contributed by atoms with Crippen LogP contribution in [-0.2, 0) is 4.79 Å². The van der Waals surface area contributed by atoms with Crippen molar-refractivity contribution in [3.8, 4) is 10.4 Å². The minimum absolute atomic E-state index is 0.196. The molecule has 3 amide bonds. The van der Waals surface area contributed by atoms with E-state index >= 15 is 0 Å². The Kier molecular flexibility index (Phi) is 7.43. The van der Waals surface area contributed by atoms with E-state index in [1.807, 2.05) is 36.4 Å². The topological polar surface area (TPSA) is 148 Å². The summed E-state index contributed by atoms with van der Waals surface area (Å²) in [5, 5.41) is 15.5. The molecule has 1 atom stereocenters. The van der Waals surface area contributed by atoms with Gasteiger partial charge in [-0.2, -0.15) is 0 Å². The highest BCUT2D eigenvalue weighted by molar-refractivity contribution is 7.20. The van der Waals surface area contributed by atoms with Gasteiger partial charge in [0.25, 0.3) is 5.91 Å². The Balaban J connectivity index is 1.73. The minimum atomic E-state index is -0.850. The molecular weight excluding hydrogens is 416 g/mol. The summed E-state index contributed by atoms with van der Waals surface area (Å²) in [4.78, 5) is 35.2. The van der Waals surface area contributed by atoms with Crippen molar-refractivity contribution in [2.75, 3.05) is 5.32 Å². The number of anilines is 1. The van der Waals surface area contributed by atoms with Crippen LogP contribution in [0, 0.1) is 0 Å². The number of hydrogen-bond donors (Lipinski definition) is 5. The maximum atomic E-state index is 11.7. The molecule has 0 aliphatic heterocycles. The van der Waals surface area contributed by atoms with Gasteiger partial charge in [0.05, 0.1) is 5.56 Å². The summed E-state index contributed by atoms with van der Waals surface area (Å²) in [6.07, 6.45) is 8.44. The van der Waals surface area contributed by atoms with Crippen molar-refractivity contribution in [3.05, 3.63) is 47.5 Å². The molecule has 0 spiro atoms. The quantitative estimate of drug-likeness (QED) is 0.404. The zero-order valence-electron chi connectivity index (χ0n) is 17.0. The second-order valence-corrected chi connectivity index (χ2v) is 8.56. The van der Waals surface area contributed by atoms with Gasteiger partial charge in [-0.15, -0.1) is 11.3 Å². The molecule has 1 aromatic carbocycles. The third kappa shape index (κ3) is 6.16. The number of hydrogen-bond acceptors (Lipinski definition) is 5. The first kappa shape index (κ1) is 22.5. The van der Waals surface area contributed by atoms with Crippen LogP contribution in [0.3, 0.4) is 0 Å². The maximum absolute atomic E-state index is 11.7. The number of aliphatic carboxylic acids is 1. The normalized spacial score (nSPS) is 15.2. The fourth-order valence-corrected chi connectivity index (χ4v) is 4.74. The summed E-state index contributed by atoms with van der Waals surface area (Å²) in [5.74, 6) is -1.51. The third-order valence-electron chi connectivity index (χ3n) is 5.18. The molecule has 2 aromatic rings. The zero-order chi connectivity index (χ0) is 22.4. The van der Waals surface area contributed by atoms with Gasteiger partial charge in [-0.05, 0) is 42.5 Å². The predicted molar refractivity (Wildman–Crippen MR) is 122 cm³/mol. The average molecular weight is 443 g/mol. The number of nitrogens with one attached hydrogen (secondary N) is 2. The third-order valence-corrected chi connectivity index (χ3v) is 6.28. The van der Waals surface area contributed by atoms with Gasteiger partial charge in [-0.25, -0.2) is 4.79 Å². The standard InChI is InChI=1S/C22H26N4O4S/c23-19(27)16-12-18(31-20(16)26-22(24)30)14-7-3-5-13(11-14)6-4-10-17(21(28)29)25-15-8-1-2-9-15/h3-7,11-12,15,17,25H,1-2,8-10H2,(H2,23,27)(H,28,29)(H3,24,26,30)/t17-/m0/s1. The molecule has 9 heteroatoms. The van der Waals surface area contributed by atoms with Crippen LogP contribution in [0.25, 0.3) is 16.5 Å². The number of carbonyl (C=O) groups excluding carboxylic acids is 2. The van der Waals surface area contributed by atoms with Crippen molar-refractivity contribution in [1.82, 2.24) is 5.32 Å². The first-order valence-electron chi connectivity index (χ1n) is 10.1. The molecule has 1 saturated carbocycles. The fraction of sp³-hybridized carbons (Fsp3) is 0.318. The monoisotopic (exact) mass is 442 g/mol. The molecule has 1 aliphatic rings. The van der Waals surface area contributed by atoms with Crippen LogP contribution < -0.4 is 22.1 Å². The molecule has 0 saturated heterocycles. The van der Waals surface area contributed by atoms with Crippen molar-refractivity contribution in [1.29, 1.82) is 0 Å². The number of benzene rings is 1. The highest BCUT2D eigenvalue weighted by Gasteiger charge is 2.22. The molecule has 0 radical (unpaired) electrons. The molecule has 1 aromatic heterocycles. The Hall–Kier alpha value is -3.17. The number of carboxylic acids is 1. The summed E-state index contributed by atoms with van der Waals surface area (Å²) in [6.45, 7) is 0. The van der Waals surface area contributed by atoms with Gasteiger partial charge in [0.2, 0.25) is 0 Å². The van der Waals surface area contributed by atoms with E-state index in [-0.39, 0.29) is 11.6 Å². The maximum Gasteiger partial charge on any atom is 0.321 e. The Morgan fingerprint density at radius 1 is 1.19 bits per heavy atom. The van der Waals surface area contributed by atoms with Crippen LogP contribution in [0.15, 0.2) is 36.4 Å². The molecule has 164 valence electrons. The van der Waals surface area contributed by atoms with Crippen LogP contribution in [0.4, 0.5) is 9.80 Å². The Bertz CT molecular complexity index is 995. The largest absolute Gasteiger partial charge is 0.480 e. The van der Waals surface area contributed by atoms with E-state index < -0.39 is 23.9 Å². The van der Waals surface area contributed by atoms with Crippen molar-refractivity contribution < 1.29 is 19.5 Å². The number of amides is 3. The van der Waals surface area contributed by atoms with Gasteiger partial charge in [0, 0.05) is 10.9 Å². The van der Waals surface area contributed by atoms with Crippen LogP contribution in [-0.4, -0.2) is 35.1 Å². The Morgan fingerprint density at radius 3 is 2.58 bits per heavy atom. The van der Waals surface area contributed by atoms with Crippen molar-refractivity contribution in [3.63, 3.8) is 0 Å². The molecule has 0 bridgehead atoms. The van der Waals surface area contributed by atoms with E-state index in [0.717, 1.165) is 41.7 Å². The molecule has 3 rings (SSSR count). The molecule has 1 heterocycles. The number of primary amides is 2. The first-order valence-corrected chi connectivity index (χ1v) is 10.9. The van der Waals surface area contributed by atoms with Crippen LogP contribution >= 0.6 is 11.3 Å². The van der Waals surface area contributed by atoms with Gasteiger partial charge in [-0.3, -0.25) is 14.9 Å². The highest BCUT2D eigenvalue weighted by atomic mass is 32.1. The van der Waals surface area contributed by atoms with Gasteiger partial charge >= 0.3 is 12.0 Å². The molecule has 0 unspecified atom stereocenters. The van der Waals surface area contributed by atoms with Crippen LogP contribution in [0.2, 0.25) is 0 Å². The van der Waals surface area contributed by atoms with E-state index in [9.17, 15) is 19.5 Å². The van der Waals surface area contributed by atoms with E-state index in [2.05, 4.69) is 10.6 Å². The molecule has 31 heavy (non-hydrogen) atoms. The van der Waals surface area contributed by atoms with Crippen molar-refractivity contribution >= 4 is 40.3 Å². The smallest absolute Gasteiger partial charge is 0.321 e. The molecular formula is C22H26N4O4S. The summed E-state index contributed by atoms with van der Waals surface area (Å²) >= 11 is 1.20. The zero-order valence-corrected chi connectivity index (χ0v) is 17.8. The lowest BCUT2D eigenvalue weighted by Gasteiger charge is -2.18. The molecule has 8 nitrogen and oxygen atoms in total. The molecule has 1 aliphatic carbocycles. The summed E-state index contributed by atoms with van der Waals surface area (Å²) < 4.78 is 0. The Labute approximate surface area is 184 Å². The van der Waals surface area contributed by atoms with E-state index in [1.165, 1.54) is 11.3 Å². The second-order valence-electron chi connectivity index (χ2n) is 7.51. The lowest BCUT2D eigenvalue weighted by molar-refractivity contribution is -0.139. The predicted octanol–water partition coefficient (Wildman–Crippen LogP) is 3.39. The summed E-state index contributed by atoms with van der Waals surface area (Å²) in [6, 6.07) is 8.08. The number of rotatable bonds is 9. The van der Waals surface area contributed by atoms with Gasteiger partial charge in [-0.1, -0.05) is 43.2 Å². The highest BCUT2D eigenvalue weighted by Crippen LogP contribution is 2.35. The van der Waals surface area contributed by atoms with Gasteiger partial charge in [0.15, 0.2) is 0 Å². The molecule has 7 N–H and O–H groups in total. The fourth-order valence-electron chi connectivity index (χ4n) is 3.67. The summed E-state index contributed by atoms with van der Waals surface area (Å²) in [7, 11) is 0.